The Hall–Kier alpha value is -0.650. The molecule has 3 aliphatic carbocycles. The van der Waals surface area contributed by atoms with E-state index in [2.05, 4.69) is 4.18 Å². The Morgan fingerprint density at radius 1 is 0.923 bits per heavy atom. The van der Waals surface area contributed by atoms with Gasteiger partial charge >= 0.3 is 17.8 Å². The quantitative estimate of drug-likeness (QED) is 0.516. The molecule has 6 atom stereocenters. The zero-order valence-electron chi connectivity index (χ0n) is 13.6. The summed E-state index contributed by atoms with van der Waals surface area (Å²) < 4.78 is 142. The molecule has 0 aromatic rings. The molecule has 0 aromatic carbocycles. The molecule has 152 valence electrons. The highest BCUT2D eigenvalue weighted by Gasteiger charge is 3.04. The largest absolute Gasteiger partial charge is 0.378 e. The summed E-state index contributed by atoms with van der Waals surface area (Å²) in [6.07, 6.45) is -3.67. The Labute approximate surface area is 144 Å². The zero-order chi connectivity index (χ0) is 20.1. The van der Waals surface area contributed by atoms with E-state index in [0.29, 0.717) is 0 Å². The number of hydrogen-bond acceptors (Lipinski definition) is 3. The molecule has 0 N–H and O–H groups in total. The van der Waals surface area contributed by atoms with Crippen molar-refractivity contribution in [2.45, 2.75) is 73.6 Å². The van der Waals surface area contributed by atoms with Gasteiger partial charge in [0.2, 0.25) is 11.3 Å². The van der Waals surface area contributed by atoms with Crippen LogP contribution in [0.1, 0.15) is 33.1 Å². The van der Waals surface area contributed by atoms with Crippen LogP contribution in [0.25, 0.3) is 0 Å². The molecule has 3 aliphatic rings. The summed E-state index contributed by atoms with van der Waals surface area (Å²) in [6.45, 7) is 2.67. The van der Waals surface area contributed by atoms with Crippen LogP contribution in [0.3, 0.4) is 0 Å². The lowest BCUT2D eigenvalue weighted by molar-refractivity contribution is -0.298. The van der Waals surface area contributed by atoms with E-state index in [1.165, 1.54) is 13.8 Å². The topological polar surface area (TPSA) is 43.4 Å². The Morgan fingerprint density at radius 2 is 1.42 bits per heavy atom. The van der Waals surface area contributed by atoms with E-state index in [9.17, 15) is 39.2 Å². The van der Waals surface area contributed by atoms with Crippen LogP contribution in [0.2, 0.25) is 0 Å². The number of rotatable bonds is 4. The minimum Gasteiger partial charge on any atom is -0.266 e. The summed E-state index contributed by atoms with van der Waals surface area (Å²) in [7, 11) is -4.40. The molecule has 0 saturated heterocycles. The van der Waals surface area contributed by atoms with Gasteiger partial charge in [0.15, 0.2) is 0 Å². The first-order valence-corrected chi connectivity index (χ1v) is 9.44. The zero-order valence-corrected chi connectivity index (χ0v) is 14.4. The molecule has 0 heterocycles. The first-order valence-electron chi connectivity index (χ1n) is 7.97. The molecule has 3 fully saturated rings. The van der Waals surface area contributed by atoms with Crippen LogP contribution in [-0.4, -0.2) is 48.9 Å². The maximum Gasteiger partial charge on any atom is 0.378 e. The van der Waals surface area contributed by atoms with E-state index < -0.39 is 75.3 Å². The van der Waals surface area contributed by atoms with Crippen molar-refractivity contribution in [3.05, 3.63) is 0 Å². The predicted octanol–water partition coefficient (Wildman–Crippen LogP) is 3.88. The van der Waals surface area contributed by atoms with Crippen LogP contribution in [-0.2, 0) is 14.3 Å². The summed E-state index contributed by atoms with van der Waals surface area (Å²) in [5.74, 6) is -22.9. The highest BCUT2D eigenvalue weighted by molar-refractivity contribution is 7.87. The third-order valence-corrected chi connectivity index (χ3v) is 7.97. The lowest BCUT2D eigenvalue weighted by Crippen LogP contribution is -2.63. The van der Waals surface area contributed by atoms with E-state index in [0.717, 1.165) is 0 Å². The summed E-state index contributed by atoms with van der Waals surface area (Å²) in [4.78, 5) is 0. The van der Waals surface area contributed by atoms with E-state index in [1.54, 1.807) is 0 Å². The Balaban J connectivity index is 2.06. The van der Waals surface area contributed by atoms with E-state index >= 15 is 4.39 Å². The van der Waals surface area contributed by atoms with E-state index in [4.69, 9.17) is 0 Å². The van der Waals surface area contributed by atoms with Gasteiger partial charge in [-0.25, -0.2) is 8.78 Å². The van der Waals surface area contributed by atoms with Crippen LogP contribution in [0.4, 0.5) is 35.1 Å². The second-order valence-corrected chi connectivity index (χ2v) is 9.25. The molecule has 0 amide bonds. The molecule has 2 bridgehead atoms. The van der Waals surface area contributed by atoms with Gasteiger partial charge in [-0.2, -0.15) is 34.8 Å². The van der Waals surface area contributed by atoms with Crippen molar-refractivity contribution >= 4 is 10.1 Å². The third kappa shape index (κ3) is 1.76. The van der Waals surface area contributed by atoms with Crippen LogP contribution >= 0.6 is 0 Å². The van der Waals surface area contributed by atoms with E-state index in [-0.39, 0.29) is 6.42 Å². The maximum atomic E-state index is 15.1. The molecular formula is C14H16F8O3S. The van der Waals surface area contributed by atoms with Crippen molar-refractivity contribution < 1.29 is 47.7 Å². The molecule has 6 unspecified atom stereocenters. The molecule has 12 heteroatoms. The normalized spacial score (nSPS) is 46.3. The molecule has 3 nitrogen and oxygen atoms in total. The summed E-state index contributed by atoms with van der Waals surface area (Å²) in [5.41, 5.74) is -9.75. The number of alkyl halides is 8. The van der Waals surface area contributed by atoms with Crippen LogP contribution in [0.15, 0.2) is 0 Å². The van der Waals surface area contributed by atoms with Gasteiger partial charge in [0.1, 0.15) is 0 Å². The highest BCUT2D eigenvalue weighted by Crippen LogP contribution is 2.79. The van der Waals surface area contributed by atoms with Crippen molar-refractivity contribution in [1.82, 2.24) is 0 Å². The van der Waals surface area contributed by atoms with Gasteiger partial charge in [0.05, 0.1) is 11.4 Å². The van der Waals surface area contributed by atoms with Crippen molar-refractivity contribution in [1.29, 1.82) is 0 Å². The first-order chi connectivity index (χ1) is 11.5. The van der Waals surface area contributed by atoms with Gasteiger partial charge in [-0.1, -0.05) is 6.92 Å². The van der Waals surface area contributed by atoms with E-state index in [1.807, 2.05) is 0 Å². The summed E-state index contributed by atoms with van der Waals surface area (Å²) in [6, 6.07) is 0. The second-order valence-electron chi connectivity index (χ2n) is 7.27. The highest BCUT2D eigenvalue weighted by atomic mass is 32.2. The SMILES string of the molecule is CCC(C)S(=O)(=O)OC1CC2CC1C1(F)C(F)(F)C(F)(F)C(F)(F)C21F. The molecule has 0 spiro atoms. The lowest BCUT2D eigenvalue weighted by atomic mass is 9.73. The Kier molecular flexibility index (Phi) is 3.89. The smallest absolute Gasteiger partial charge is 0.266 e. The molecular weight excluding hydrogens is 400 g/mol. The summed E-state index contributed by atoms with van der Waals surface area (Å²) in [5, 5.41) is -1.13. The average Bonchev–Trinajstić information content (AvgIpc) is 3.04. The minimum atomic E-state index is -6.26. The predicted molar refractivity (Wildman–Crippen MR) is 72.3 cm³/mol. The fourth-order valence-corrected chi connectivity index (χ4v) is 5.64. The standard InChI is InChI=1S/C14H16F8O3S/c1-3-6(2)26(23,24)25-9-5-7-4-8(9)11(16)10(7,15)12(17,18)14(21,22)13(11,19)20/h6-9H,3-5H2,1-2H3. The van der Waals surface area contributed by atoms with Crippen molar-refractivity contribution in [2.24, 2.45) is 11.8 Å². The molecule has 0 radical (unpaired) electrons. The van der Waals surface area contributed by atoms with Gasteiger partial charge in [-0.3, -0.25) is 4.18 Å². The number of hydrogen-bond donors (Lipinski definition) is 0. The van der Waals surface area contributed by atoms with Crippen LogP contribution in [0.5, 0.6) is 0 Å². The second kappa shape index (κ2) is 5.03. The van der Waals surface area contributed by atoms with Gasteiger partial charge in [-0.15, -0.1) is 0 Å². The lowest BCUT2D eigenvalue weighted by Gasteiger charge is -2.42. The average molecular weight is 416 g/mol. The number of halogens is 8. The molecule has 0 aliphatic heterocycles. The van der Waals surface area contributed by atoms with Gasteiger partial charge in [0, 0.05) is 11.8 Å². The third-order valence-electron chi connectivity index (χ3n) is 6.14. The van der Waals surface area contributed by atoms with Crippen LogP contribution < -0.4 is 0 Å². The van der Waals surface area contributed by atoms with Crippen molar-refractivity contribution in [3.8, 4) is 0 Å². The summed E-state index contributed by atoms with van der Waals surface area (Å²) >= 11 is 0. The fraction of sp³-hybridized carbons (Fsp3) is 1.00. The molecule has 3 rings (SSSR count). The van der Waals surface area contributed by atoms with Gasteiger partial charge in [0.25, 0.3) is 10.1 Å². The van der Waals surface area contributed by atoms with Crippen LogP contribution in [0, 0.1) is 11.8 Å². The number of fused-ring (bicyclic) bond motifs is 5. The van der Waals surface area contributed by atoms with Crippen molar-refractivity contribution in [2.75, 3.05) is 0 Å². The Bertz CT molecular complexity index is 726. The monoisotopic (exact) mass is 416 g/mol. The molecule has 0 aromatic heterocycles. The molecule has 26 heavy (non-hydrogen) atoms. The van der Waals surface area contributed by atoms with Gasteiger partial charge in [-0.05, 0) is 26.2 Å². The minimum absolute atomic E-state index is 0.0449. The van der Waals surface area contributed by atoms with Crippen molar-refractivity contribution in [3.63, 3.8) is 0 Å². The molecule has 3 saturated carbocycles. The first kappa shape index (κ1) is 20.1. The maximum absolute atomic E-state index is 15.1. The fourth-order valence-electron chi connectivity index (χ4n) is 4.49. The Morgan fingerprint density at radius 3 is 1.92 bits per heavy atom. The van der Waals surface area contributed by atoms with Gasteiger partial charge < -0.3 is 0 Å².